The summed E-state index contributed by atoms with van der Waals surface area (Å²) >= 11 is 0. The summed E-state index contributed by atoms with van der Waals surface area (Å²) in [4.78, 5) is 15.4. The van der Waals surface area contributed by atoms with Crippen molar-refractivity contribution in [2.24, 2.45) is 0 Å². The van der Waals surface area contributed by atoms with E-state index in [0.29, 0.717) is 5.69 Å². The Morgan fingerprint density at radius 1 is 1.25 bits per heavy atom. The Morgan fingerprint density at radius 3 is 2.46 bits per heavy atom. The van der Waals surface area contributed by atoms with Crippen LogP contribution < -0.4 is 10.6 Å². The molecule has 0 aliphatic carbocycles. The largest absolute Gasteiger partial charge is 0.463 e. The van der Waals surface area contributed by atoms with Gasteiger partial charge in [-0.05, 0) is 31.2 Å². The van der Waals surface area contributed by atoms with Crippen LogP contribution in [0.1, 0.15) is 17.9 Å². The normalized spacial score (nSPS) is 14.0. The number of amides is 2. The molecule has 130 valence electrons. The zero-order valence-corrected chi connectivity index (χ0v) is 12.7. The molecule has 0 aliphatic heterocycles. The number of aromatic nitrogens is 1. The van der Waals surface area contributed by atoms with Crippen molar-refractivity contribution in [3.63, 3.8) is 0 Å². The molecule has 3 N–H and O–H groups in total. The van der Waals surface area contributed by atoms with Crippen molar-refractivity contribution < 1.29 is 27.5 Å². The first-order valence-electron chi connectivity index (χ1n) is 7.03. The zero-order chi connectivity index (χ0) is 17.8. The van der Waals surface area contributed by atoms with E-state index in [1.807, 2.05) is 0 Å². The molecule has 2 amide bonds. The molecule has 0 spiro atoms. The lowest BCUT2D eigenvalue weighted by atomic mass is 9.96. The minimum Gasteiger partial charge on any atom is -0.463 e. The minimum atomic E-state index is -4.94. The third kappa shape index (κ3) is 4.05. The number of nitrogens with one attached hydrogen (secondary N) is 2. The smallest absolute Gasteiger partial charge is 0.424 e. The van der Waals surface area contributed by atoms with Crippen LogP contribution in [0.3, 0.4) is 0 Å². The topological polar surface area (TPSA) is 87.4 Å². The highest BCUT2D eigenvalue weighted by atomic mass is 19.4. The van der Waals surface area contributed by atoms with Crippen LogP contribution in [0.15, 0.2) is 41.1 Å². The summed E-state index contributed by atoms with van der Waals surface area (Å²) in [5.41, 5.74) is -2.74. The van der Waals surface area contributed by atoms with Crippen molar-refractivity contribution in [1.82, 2.24) is 10.3 Å². The summed E-state index contributed by atoms with van der Waals surface area (Å²) in [5.74, 6) is -0.361. The molecule has 0 bridgehead atoms. The average Bonchev–Trinajstić information content (AvgIpc) is 2.94. The van der Waals surface area contributed by atoms with Gasteiger partial charge in [-0.2, -0.15) is 13.2 Å². The Morgan fingerprint density at radius 2 is 1.92 bits per heavy atom. The molecule has 2 aromatic heterocycles. The second-order valence-corrected chi connectivity index (χ2v) is 5.14. The lowest BCUT2D eigenvalue weighted by Gasteiger charge is -2.28. The number of carbonyl (C=O) groups excluding carboxylic acids is 1. The minimum absolute atomic E-state index is 0.246. The van der Waals surface area contributed by atoms with Crippen molar-refractivity contribution in [1.29, 1.82) is 0 Å². The number of furan rings is 1. The van der Waals surface area contributed by atoms with E-state index in [1.54, 1.807) is 0 Å². The van der Waals surface area contributed by atoms with E-state index in [-0.39, 0.29) is 5.76 Å². The van der Waals surface area contributed by atoms with E-state index in [4.69, 9.17) is 4.42 Å². The van der Waals surface area contributed by atoms with Gasteiger partial charge in [0.05, 0.1) is 0 Å². The maximum atomic E-state index is 13.2. The summed E-state index contributed by atoms with van der Waals surface area (Å²) in [6.45, 7) is 1.06. The van der Waals surface area contributed by atoms with Gasteiger partial charge < -0.3 is 20.2 Å². The van der Waals surface area contributed by atoms with Gasteiger partial charge in [0.2, 0.25) is 5.60 Å². The van der Waals surface area contributed by atoms with E-state index >= 15 is 0 Å². The van der Waals surface area contributed by atoms with Crippen molar-refractivity contribution >= 4 is 11.7 Å². The summed E-state index contributed by atoms with van der Waals surface area (Å²) < 4.78 is 44.6. The van der Waals surface area contributed by atoms with E-state index in [0.717, 1.165) is 6.07 Å². The molecule has 9 heteroatoms. The van der Waals surface area contributed by atoms with Gasteiger partial charge in [0.1, 0.15) is 11.5 Å². The molecule has 0 radical (unpaired) electrons. The number of aliphatic hydroxyl groups is 1. The van der Waals surface area contributed by atoms with E-state index in [9.17, 15) is 23.1 Å². The fourth-order valence-corrected chi connectivity index (χ4v) is 2.03. The number of aryl methyl sites for hydroxylation is 1. The molecular weight excluding hydrogens is 327 g/mol. The Balaban J connectivity index is 1.98. The van der Waals surface area contributed by atoms with E-state index in [1.165, 1.54) is 37.5 Å². The maximum Gasteiger partial charge on any atom is 0.424 e. The Labute approximate surface area is 135 Å². The van der Waals surface area contributed by atoms with Crippen molar-refractivity contribution in [3.8, 4) is 0 Å². The number of anilines is 1. The van der Waals surface area contributed by atoms with Crippen LogP contribution in [-0.2, 0) is 5.60 Å². The van der Waals surface area contributed by atoms with Crippen molar-refractivity contribution in [2.75, 3.05) is 11.9 Å². The fraction of sp³-hybridized carbons (Fsp3) is 0.333. The number of halogens is 3. The second kappa shape index (κ2) is 6.91. The zero-order valence-electron chi connectivity index (χ0n) is 12.7. The number of carbonyl (C=O) groups is 1. The lowest BCUT2D eigenvalue weighted by molar-refractivity contribution is -0.274. The maximum absolute atomic E-state index is 13.2. The highest BCUT2D eigenvalue weighted by Gasteiger charge is 2.56. The molecule has 2 aromatic rings. The second-order valence-electron chi connectivity index (χ2n) is 5.14. The molecule has 24 heavy (non-hydrogen) atoms. The van der Waals surface area contributed by atoms with E-state index in [2.05, 4.69) is 15.6 Å². The van der Waals surface area contributed by atoms with Crippen LogP contribution in [0.4, 0.5) is 23.7 Å². The SMILES string of the molecule is Cc1ccc([C@](O)(CCNC(=O)Nc2ccncc2)C(F)(F)F)o1. The standard InChI is InChI=1S/C15H16F3N3O3/c1-10-2-3-12(24-10)14(23,15(16,17)18)6-9-20-13(22)21-11-4-7-19-8-5-11/h2-5,7-8,23H,6,9H2,1H3,(H2,19,20,21,22)/t14-/m1/s1. The highest BCUT2D eigenvalue weighted by molar-refractivity contribution is 5.89. The van der Waals surface area contributed by atoms with Gasteiger partial charge in [-0.1, -0.05) is 0 Å². The molecule has 0 saturated heterocycles. The van der Waals surface area contributed by atoms with Gasteiger partial charge in [0.25, 0.3) is 0 Å². The third-order valence-electron chi connectivity index (χ3n) is 3.33. The number of rotatable bonds is 5. The van der Waals surface area contributed by atoms with Gasteiger partial charge >= 0.3 is 12.2 Å². The molecular formula is C15H16F3N3O3. The molecule has 0 aromatic carbocycles. The van der Waals surface area contributed by atoms with Gasteiger partial charge in [-0.25, -0.2) is 4.79 Å². The summed E-state index contributed by atoms with van der Waals surface area (Å²) in [7, 11) is 0. The first-order valence-corrected chi connectivity index (χ1v) is 7.03. The monoisotopic (exact) mass is 343 g/mol. The molecule has 2 heterocycles. The third-order valence-corrected chi connectivity index (χ3v) is 3.33. The van der Waals surface area contributed by atoms with Crippen LogP contribution in [0.25, 0.3) is 0 Å². The summed E-state index contributed by atoms with van der Waals surface area (Å²) in [6, 6.07) is 4.76. The Bertz CT molecular complexity index is 688. The number of nitrogens with zero attached hydrogens (tertiary/aromatic N) is 1. The molecule has 0 aliphatic rings. The van der Waals surface area contributed by atoms with Crippen molar-refractivity contribution in [3.05, 3.63) is 48.2 Å². The Kier molecular flexibility index (Phi) is 5.13. The predicted octanol–water partition coefficient (Wildman–Crippen LogP) is 2.94. The molecule has 0 unspecified atom stereocenters. The first kappa shape index (κ1) is 17.8. The predicted molar refractivity (Wildman–Crippen MR) is 79.3 cm³/mol. The van der Waals surface area contributed by atoms with Gasteiger partial charge in [0, 0.05) is 31.0 Å². The van der Waals surface area contributed by atoms with Crippen LogP contribution in [-0.4, -0.2) is 28.8 Å². The highest BCUT2D eigenvalue weighted by Crippen LogP contribution is 2.41. The molecule has 0 saturated carbocycles. The fourth-order valence-electron chi connectivity index (χ4n) is 2.03. The van der Waals surface area contributed by atoms with Crippen LogP contribution in [0, 0.1) is 6.92 Å². The van der Waals surface area contributed by atoms with E-state index < -0.39 is 36.5 Å². The quantitative estimate of drug-likeness (QED) is 0.779. The van der Waals surface area contributed by atoms with Crippen LogP contribution >= 0.6 is 0 Å². The number of hydrogen-bond acceptors (Lipinski definition) is 4. The number of hydrogen-bond donors (Lipinski definition) is 3. The molecule has 1 atom stereocenters. The van der Waals surface area contributed by atoms with Gasteiger partial charge in [-0.15, -0.1) is 0 Å². The summed E-state index contributed by atoms with van der Waals surface area (Å²) in [6.07, 6.45) is -2.82. The van der Waals surface area contributed by atoms with Crippen molar-refractivity contribution in [2.45, 2.75) is 25.1 Å². The average molecular weight is 343 g/mol. The Hall–Kier alpha value is -2.55. The molecule has 6 nitrogen and oxygen atoms in total. The first-order chi connectivity index (χ1) is 11.2. The van der Waals surface area contributed by atoms with Gasteiger partial charge in [-0.3, -0.25) is 4.98 Å². The van der Waals surface area contributed by atoms with Gasteiger partial charge in [0.15, 0.2) is 0 Å². The number of pyridine rings is 1. The molecule has 0 fully saturated rings. The molecule has 2 rings (SSSR count). The van der Waals surface area contributed by atoms with Crippen LogP contribution in [0.5, 0.6) is 0 Å². The lowest BCUT2D eigenvalue weighted by Crippen LogP contribution is -2.45. The summed E-state index contributed by atoms with van der Waals surface area (Å²) in [5, 5.41) is 14.7. The number of alkyl halides is 3. The van der Waals surface area contributed by atoms with Crippen LogP contribution in [0.2, 0.25) is 0 Å². The number of urea groups is 1.